The van der Waals surface area contributed by atoms with Crippen molar-refractivity contribution >= 4 is 17.6 Å². The second-order valence-corrected chi connectivity index (χ2v) is 3.75. The van der Waals surface area contributed by atoms with E-state index in [1.165, 1.54) is 6.08 Å². The zero-order valence-electron chi connectivity index (χ0n) is 8.96. The predicted molar refractivity (Wildman–Crippen MR) is 59.6 cm³/mol. The van der Waals surface area contributed by atoms with E-state index < -0.39 is 0 Å². The number of ether oxygens (including phenoxy) is 1. The summed E-state index contributed by atoms with van der Waals surface area (Å²) in [6.45, 7) is 4.61. The molecule has 0 spiro atoms. The maximum Gasteiger partial charge on any atom is 0.330 e. The third-order valence-corrected chi connectivity index (χ3v) is 2.11. The van der Waals surface area contributed by atoms with Crippen molar-refractivity contribution in [2.24, 2.45) is 0 Å². The van der Waals surface area contributed by atoms with Gasteiger partial charge in [-0.1, -0.05) is 32.8 Å². The van der Waals surface area contributed by atoms with Gasteiger partial charge in [-0.3, -0.25) is 0 Å². The zero-order valence-corrected chi connectivity index (χ0v) is 9.72. The van der Waals surface area contributed by atoms with Crippen molar-refractivity contribution in [3.8, 4) is 0 Å². The van der Waals surface area contributed by atoms with Crippen molar-refractivity contribution in [2.75, 3.05) is 6.61 Å². The van der Waals surface area contributed by atoms with E-state index in [0.29, 0.717) is 6.61 Å². The highest BCUT2D eigenvalue weighted by atomic mass is 35.5. The van der Waals surface area contributed by atoms with E-state index in [0.717, 1.165) is 25.7 Å². The number of alkyl halides is 1. The first kappa shape index (κ1) is 13.5. The third kappa shape index (κ3) is 8.11. The molecule has 0 saturated heterocycles. The molecule has 1 atom stereocenters. The van der Waals surface area contributed by atoms with E-state index in [2.05, 4.69) is 13.8 Å². The molecular formula is C11H19ClO2. The van der Waals surface area contributed by atoms with E-state index in [9.17, 15) is 4.79 Å². The standard InChI is InChI=1S/C11H19ClO2/c1-3-5-9-14-11(13)8-7-10(12)6-4-2/h7-8,10H,3-6,9H2,1-2H3. The molecule has 2 nitrogen and oxygen atoms in total. The van der Waals surface area contributed by atoms with Gasteiger partial charge in [0.15, 0.2) is 0 Å². The Morgan fingerprint density at radius 3 is 2.71 bits per heavy atom. The van der Waals surface area contributed by atoms with Crippen molar-refractivity contribution in [3.63, 3.8) is 0 Å². The third-order valence-electron chi connectivity index (χ3n) is 1.75. The van der Waals surface area contributed by atoms with Gasteiger partial charge in [0, 0.05) is 6.08 Å². The molecule has 0 bridgehead atoms. The average Bonchev–Trinajstić information content (AvgIpc) is 2.16. The highest BCUT2D eigenvalue weighted by Gasteiger charge is 2.00. The number of carbonyl (C=O) groups excluding carboxylic acids is 1. The fraction of sp³-hybridized carbons (Fsp3) is 0.727. The Labute approximate surface area is 91.3 Å². The highest BCUT2D eigenvalue weighted by Crippen LogP contribution is 2.06. The maximum absolute atomic E-state index is 11.1. The number of hydrogen-bond acceptors (Lipinski definition) is 2. The molecule has 0 aliphatic heterocycles. The largest absolute Gasteiger partial charge is 0.463 e. The molecule has 0 aromatic rings. The SMILES string of the molecule is CCCCOC(=O)C=CC(Cl)CCC. The van der Waals surface area contributed by atoms with Gasteiger partial charge in [-0.2, -0.15) is 0 Å². The smallest absolute Gasteiger partial charge is 0.330 e. The lowest BCUT2D eigenvalue weighted by Crippen LogP contribution is -2.03. The average molecular weight is 219 g/mol. The molecule has 14 heavy (non-hydrogen) atoms. The van der Waals surface area contributed by atoms with Crippen LogP contribution in [0, 0.1) is 0 Å². The second kappa shape index (κ2) is 9.07. The zero-order chi connectivity index (χ0) is 10.8. The van der Waals surface area contributed by atoms with Crippen LogP contribution in [0.2, 0.25) is 0 Å². The first-order valence-corrected chi connectivity index (χ1v) is 5.63. The lowest BCUT2D eigenvalue weighted by atomic mass is 10.2. The maximum atomic E-state index is 11.1. The summed E-state index contributed by atoms with van der Waals surface area (Å²) in [5, 5.41) is -0.0567. The van der Waals surface area contributed by atoms with E-state index in [-0.39, 0.29) is 11.3 Å². The lowest BCUT2D eigenvalue weighted by Gasteiger charge is -2.01. The Kier molecular flexibility index (Phi) is 8.75. The second-order valence-electron chi connectivity index (χ2n) is 3.18. The molecule has 0 aromatic heterocycles. The van der Waals surface area contributed by atoms with Crippen molar-refractivity contribution in [3.05, 3.63) is 12.2 Å². The monoisotopic (exact) mass is 218 g/mol. The van der Waals surface area contributed by atoms with Crippen LogP contribution in [0.1, 0.15) is 39.5 Å². The van der Waals surface area contributed by atoms with E-state index in [1.54, 1.807) is 6.08 Å². The van der Waals surface area contributed by atoms with Crippen LogP contribution in [0.5, 0.6) is 0 Å². The number of halogens is 1. The van der Waals surface area contributed by atoms with Crippen molar-refractivity contribution in [2.45, 2.75) is 44.9 Å². The molecule has 0 fully saturated rings. The Balaban J connectivity index is 3.59. The summed E-state index contributed by atoms with van der Waals surface area (Å²) in [5.74, 6) is -0.291. The quantitative estimate of drug-likeness (QED) is 0.284. The Bertz CT molecular complexity index is 178. The van der Waals surface area contributed by atoms with Gasteiger partial charge in [0.25, 0.3) is 0 Å². The summed E-state index contributed by atoms with van der Waals surface area (Å²) in [7, 11) is 0. The van der Waals surface area contributed by atoms with Gasteiger partial charge in [-0.15, -0.1) is 11.6 Å². The number of allylic oxidation sites excluding steroid dienone is 1. The Morgan fingerprint density at radius 1 is 1.43 bits per heavy atom. The van der Waals surface area contributed by atoms with Gasteiger partial charge >= 0.3 is 5.97 Å². The van der Waals surface area contributed by atoms with Crippen LogP contribution < -0.4 is 0 Å². The molecular weight excluding hydrogens is 200 g/mol. The fourth-order valence-corrected chi connectivity index (χ4v) is 1.21. The summed E-state index contributed by atoms with van der Waals surface area (Å²) in [6.07, 6.45) is 6.97. The molecule has 0 saturated carbocycles. The molecule has 0 aromatic carbocycles. The normalized spacial score (nSPS) is 13.1. The molecule has 0 aliphatic carbocycles. The van der Waals surface area contributed by atoms with Gasteiger partial charge in [-0.25, -0.2) is 4.79 Å². The molecule has 3 heteroatoms. The van der Waals surface area contributed by atoms with Crippen LogP contribution in [-0.2, 0) is 9.53 Å². The topological polar surface area (TPSA) is 26.3 Å². The molecule has 1 unspecified atom stereocenters. The van der Waals surface area contributed by atoms with E-state index >= 15 is 0 Å². The van der Waals surface area contributed by atoms with Crippen molar-refractivity contribution in [1.82, 2.24) is 0 Å². The number of hydrogen-bond donors (Lipinski definition) is 0. The fourth-order valence-electron chi connectivity index (χ4n) is 0.920. The van der Waals surface area contributed by atoms with Crippen LogP contribution in [0.3, 0.4) is 0 Å². The van der Waals surface area contributed by atoms with Gasteiger partial charge in [0.05, 0.1) is 12.0 Å². The van der Waals surface area contributed by atoms with Crippen LogP contribution in [0.15, 0.2) is 12.2 Å². The minimum Gasteiger partial charge on any atom is -0.463 e. The molecule has 0 rings (SSSR count). The van der Waals surface area contributed by atoms with E-state index in [1.807, 2.05) is 0 Å². The summed E-state index contributed by atoms with van der Waals surface area (Å²) in [6, 6.07) is 0. The van der Waals surface area contributed by atoms with Gasteiger partial charge in [0.1, 0.15) is 0 Å². The van der Waals surface area contributed by atoms with Crippen LogP contribution in [0.4, 0.5) is 0 Å². The Morgan fingerprint density at radius 2 is 2.14 bits per heavy atom. The Hall–Kier alpha value is -0.500. The molecule has 0 radical (unpaired) electrons. The van der Waals surface area contributed by atoms with Gasteiger partial charge < -0.3 is 4.74 Å². The van der Waals surface area contributed by atoms with Crippen LogP contribution >= 0.6 is 11.6 Å². The predicted octanol–water partition coefficient (Wildman–Crippen LogP) is 3.29. The number of esters is 1. The summed E-state index contributed by atoms with van der Waals surface area (Å²) >= 11 is 5.89. The van der Waals surface area contributed by atoms with Crippen LogP contribution in [0.25, 0.3) is 0 Å². The van der Waals surface area contributed by atoms with Gasteiger partial charge in [-0.05, 0) is 12.8 Å². The number of rotatable bonds is 7. The summed E-state index contributed by atoms with van der Waals surface area (Å²) in [5.41, 5.74) is 0. The van der Waals surface area contributed by atoms with Gasteiger partial charge in [0.2, 0.25) is 0 Å². The van der Waals surface area contributed by atoms with Crippen molar-refractivity contribution in [1.29, 1.82) is 0 Å². The lowest BCUT2D eigenvalue weighted by molar-refractivity contribution is -0.137. The number of carbonyl (C=O) groups is 1. The first-order valence-electron chi connectivity index (χ1n) is 5.19. The molecule has 0 N–H and O–H groups in total. The molecule has 0 amide bonds. The highest BCUT2D eigenvalue weighted by molar-refractivity contribution is 6.21. The molecule has 0 aliphatic rings. The molecule has 82 valence electrons. The number of unbranched alkanes of at least 4 members (excludes halogenated alkanes) is 1. The molecule has 0 heterocycles. The van der Waals surface area contributed by atoms with E-state index in [4.69, 9.17) is 16.3 Å². The minimum atomic E-state index is -0.291. The minimum absolute atomic E-state index is 0.0567. The first-order chi connectivity index (χ1) is 6.70. The van der Waals surface area contributed by atoms with Crippen molar-refractivity contribution < 1.29 is 9.53 Å². The summed E-state index contributed by atoms with van der Waals surface area (Å²) < 4.78 is 4.93. The summed E-state index contributed by atoms with van der Waals surface area (Å²) in [4.78, 5) is 11.1. The van der Waals surface area contributed by atoms with Crippen LogP contribution in [-0.4, -0.2) is 18.0 Å².